The number of carboxylic acid groups (broad SMARTS) is 1. The Morgan fingerprint density at radius 3 is 2.58 bits per heavy atom. The summed E-state index contributed by atoms with van der Waals surface area (Å²) >= 11 is 0. The fourth-order valence-electron chi connectivity index (χ4n) is 5.39. The molecule has 6 unspecified atom stereocenters. The van der Waals surface area contributed by atoms with Crippen molar-refractivity contribution in [3.63, 3.8) is 0 Å². The van der Waals surface area contributed by atoms with E-state index in [0.717, 1.165) is 24.8 Å². The van der Waals surface area contributed by atoms with Gasteiger partial charge in [0.05, 0.1) is 17.1 Å². The summed E-state index contributed by atoms with van der Waals surface area (Å²) < 4.78 is 0. The monoisotopic (exact) mass is 336 g/mol. The van der Waals surface area contributed by atoms with Crippen LogP contribution in [-0.2, 0) is 4.79 Å². The van der Waals surface area contributed by atoms with Gasteiger partial charge in [-0.1, -0.05) is 25.2 Å². The van der Waals surface area contributed by atoms with Crippen LogP contribution in [0.25, 0.3) is 0 Å². The summed E-state index contributed by atoms with van der Waals surface area (Å²) in [5.41, 5.74) is -1.04. The van der Waals surface area contributed by atoms with Gasteiger partial charge < -0.3 is 15.3 Å². The number of fused-ring (bicyclic) bond motifs is 1. The Balaban J connectivity index is 2.35. The maximum atomic E-state index is 12.0. The third kappa shape index (κ3) is 3.18. The standard InChI is InChI=1S/C20H32O4/c1-6-18(3,24)10-9-15-13(2)7-8-16-19(15,4)11-14(21)12-20(16,5)17(22)23/h6,14-16,21,24H,1-2,7-12H2,3-5H3,(H,22,23). The van der Waals surface area contributed by atoms with Gasteiger partial charge in [-0.15, -0.1) is 6.58 Å². The quantitative estimate of drug-likeness (QED) is 0.671. The van der Waals surface area contributed by atoms with Crippen LogP contribution in [0.3, 0.4) is 0 Å². The largest absolute Gasteiger partial charge is 0.481 e. The van der Waals surface area contributed by atoms with Gasteiger partial charge in [0, 0.05) is 0 Å². The molecule has 4 nitrogen and oxygen atoms in total. The summed E-state index contributed by atoms with van der Waals surface area (Å²) in [5, 5.41) is 30.5. The highest BCUT2D eigenvalue weighted by molar-refractivity contribution is 5.75. The lowest BCUT2D eigenvalue weighted by Gasteiger charge is -2.58. The number of aliphatic carboxylic acids is 1. The first-order chi connectivity index (χ1) is 11.0. The van der Waals surface area contributed by atoms with E-state index in [1.165, 1.54) is 0 Å². The molecule has 2 saturated carbocycles. The van der Waals surface area contributed by atoms with Crippen LogP contribution in [-0.4, -0.2) is 33.0 Å². The summed E-state index contributed by atoms with van der Waals surface area (Å²) in [7, 11) is 0. The summed E-state index contributed by atoms with van der Waals surface area (Å²) in [5.74, 6) is -0.701. The van der Waals surface area contributed by atoms with Crippen LogP contribution in [0.1, 0.15) is 59.3 Å². The molecule has 0 aromatic rings. The second-order valence-corrected chi connectivity index (χ2v) is 8.69. The predicted octanol–water partition coefficient (Wildman–Crippen LogP) is 3.54. The van der Waals surface area contributed by atoms with Crippen LogP contribution in [0.2, 0.25) is 0 Å². The Bertz CT molecular complexity index is 538. The Morgan fingerprint density at radius 1 is 1.42 bits per heavy atom. The van der Waals surface area contributed by atoms with Crippen LogP contribution in [0, 0.1) is 22.7 Å². The van der Waals surface area contributed by atoms with Gasteiger partial charge in [-0.05, 0) is 69.6 Å². The number of carbonyl (C=O) groups is 1. The normalized spacial score (nSPS) is 42.0. The molecule has 0 radical (unpaired) electrons. The van der Waals surface area contributed by atoms with Crippen LogP contribution < -0.4 is 0 Å². The average Bonchev–Trinajstić information content (AvgIpc) is 2.45. The molecule has 0 heterocycles. The van der Waals surface area contributed by atoms with Crippen molar-refractivity contribution in [3.05, 3.63) is 24.8 Å². The minimum Gasteiger partial charge on any atom is -0.481 e. The van der Waals surface area contributed by atoms with Crippen molar-refractivity contribution in [2.24, 2.45) is 22.7 Å². The molecule has 0 aromatic heterocycles. The maximum Gasteiger partial charge on any atom is 0.309 e. The van der Waals surface area contributed by atoms with Crippen molar-refractivity contribution in [3.8, 4) is 0 Å². The molecule has 0 amide bonds. The van der Waals surface area contributed by atoms with Crippen molar-refractivity contribution in [2.75, 3.05) is 0 Å². The summed E-state index contributed by atoms with van der Waals surface area (Å²) in [6.45, 7) is 13.6. The molecular formula is C20H32O4. The number of aliphatic hydroxyl groups is 2. The van der Waals surface area contributed by atoms with Crippen molar-refractivity contribution >= 4 is 5.97 Å². The first-order valence-corrected chi connectivity index (χ1v) is 8.91. The van der Waals surface area contributed by atoms with Gasteiger partial charge in [0.2, 0.25) is 0 Å². The van der Waals surface area contributed by atoms with E-state index in [4.69, 9.17) is 0 Å². The molecule has 0 bridgehead atoms. The third-order valence-electron chi connectivity index (χ3n) is 6.81. The fourth-order valence-corrected chi connectivity index (χ4v) is 5.39. The zero-order valence-electron chi connectivity index (χ0n) is 15.2. The minimum absolute atomic E-state index is 0.00933. The molecule has 2 fully saturated rings. The second kappa shape index (κ2) is 6.30. The first-order valence-electron chi connectivity index (χ1n) is 8.91. The highest BCUT2D eigenvalue weighted by Gasteiger charge is 2.59. The number of carboxylic acids is 1. The number of rotatable bonds is 5. The molecule has 0 saturated heterocycles. The summed E-state index contributed by atoms with van der Waals surface area (Å²) in [6.07, 6.45) is 4.76. The molecule has 6 atom stereocenters. The molecule has 0 aromatic carbocycles. The van der Waals surface area contributed by atoms with Gasteiger partial charge >= 0.3 is 5.97 Å². The zero-order chi connectivity index (χ0) is 18.3. The molecule has 3 N–H and O–H groups in total. The molecule has 136 valence electrons. The lowest BCUT2D eigenvalue weighted by Crippen LogP contribution is -2.56. The summed E-state index contributed by atoms with van der Waals surface area (Å²) in [4.78, 5) is 12.0. The highest BCUT2D eigenvalue weighted by Crippen LogP contribution is 2.62. The summed E-state index contributed by atoms with van der Waals surface area (Å²) in [6, 6.07) is 0. The van der Waals surface area contributed by atoms with E-state index in [1.807, 2.05) is 0 Å². The van der Waals surface area contributed by atoms with Crippen LogP contribution in [0.4, 0.5) is 0 Å². The SMILES string of the molecule is C=CC(C)(O)CCC1C(=C)CCC2C(C)(C(=O)O)CC(O)CC12C. The van der Waals surface area contributed by atoms with E-state index in [-0.39, 0.29) is 17.3 Å². The topological polar surface area (TPSA) is 77.8 Å². The Hall–Kier alpha value is -1.13. The van der Waals surface area contributed by atoms with E-state index < -0.39 is 23.1 Å². The first kappa shape index (κ1) is 19.2. The van der Waals surface area contributed by atoms with Crippen molar-refractivity contribution in [1.29, 1.82) is 0 Å². The minimum atomic E-state index is -0.938. The molecule has 0 spiro atoms. The van der Waals surface area contributed by atoms with Gasteiger partial charge in [0.15, 0.2) is 0 Å². The average molecular weight is 336 g/mol. The van der Waals surface area contributed by atoms with Crippen LogP contribution in [0.15, 0.2) is 24.8 Å². The smallest absolute Gasteiger partial charge is 0.309 e. The van der Waals surface area contributed by atoms with E-state index >= 15 is 0 Å². The Morgan fingerprint density at radius 2 is 2.04 bits per heavy atom. The van der Waals surface area contributed by atoms with Crippen LogP contribution in [0.5, 0.6) is 0 Å². The van der Waals surface area contributed by atoms with Gasteiger partial charge in [-0.25, -0.2) is 0 Å². The molecule has 2 aliphatic carbocycles. The molecule has 2 aliphatic rings. The van der Waals surface area contributed by atoms with Gasteiger partial charge in [-0.3, -0.25) is 4.79 Å². The van der Waals surface area contributed by atoms with Crippen LogP contribution >= 0.6 is 0 Å². The predicted molar refractivity (Wildman–Crippen MR) is 94.5 cm³/mol. The highest BCUT2D eigenvalue weighted by atomic mass is 16.4. The van der Waals surface area contributed by atoms with E-state index in [0.29, 0.717) is 19.3 Å². The molecule has 2 rings (SSSR count). The van der Waals surface area contributed by atoms with Crippen molar-refractivity contribution in [2.45, 2.75) is 71.0 Å². The fraction of sp³-hybridized carbons (Fsp3) is 0.750. The number of hydrogen-bond donors (Lipinski definition) is 3. The number of allylic oxidation sites excluding steroid dienone is 1. The number of aliphatic hydroxyl groups excluding tert-OH is 1. The van der Waals surface area contributed by atoms with E-state index in [1.54, 1.807) is 19.9 Å². The van der Waals surface area contributed by atoms with Crippen molar-refractivity contribution < 1.29 is 20.1 Å². The third-order valence-corrected chi connectivity index (χ3v) is 6.81. The lowest BCUT2D eigenvalue weighted by molar-refractivity contribution is -0.173. The van der Waals surface area contributed by atoms with Gasteiger partial charge in [0.25, 0.3) is 0 Å². The van der Waals surface area contributed by atoms with Crippen molar-refractivity contribution in [1.82, 2.24) is 0 Å². The zero-order valence-corrected chi connectivity index (χ0v) is 15.2. The number of hydrogen-bond acceptors (Lipinski definition) is 3. The lowest BCUT2D eigenvalue weighted by atomic mass is 9.46. The van der Waals surface area contributed by atoms with E-state index in [2.05, 4.69) is 20.1 Å². The van der Waals surface area contributed by atoms with Gasteiger partial charge in [0.1, 0.15) is 0 Å². The van der Waals surface area contributed by atoms with E-state index in [9.17, 15) is 20.1 Å². The maximum absolute atomic E-state index is 12.0. The van der Waals surface area contributed by atoms with Gasteiger partial charge in [-0.2, -0.15) is 0 Å². The Kier molecular flexibility index (Phi) is 5.04. The second-order valence-electron chi connectivity index (χ2n) is 8.69. The molecule has 24 heavy (non-hydrogen) atoms. The Labute approximate surface area is 145 Å². The molecule has 4 heteroatoms. The molecular weight excluding hydrogens is 304 g/mol. The molecule has 0 aliphatic heterocycles.